The first kappa shape index (κ1) is 19.7. The highest BCUT2D eigenvalue weighted by Gasteiger charge is 2.51. The molecule has 1 aromatic carbocycles. The van der Waals surface area contributed by atoms with Gasteiger partial charge in [-0.25, -0.2) is 9.37 Å². The number of fused-ring (bicyclic) bond motifs is 2. The van der Waals surface area contributed by atoms with Gasteiger partial charge in [-0.1, -0.05) is 6.92 Å². The minimum Gasteiger partial charge on any atom is -0.491 e. The second kappa shape index (κ2) is 7.76. The molecule has 1 aliphatic carbocycles. The van der Waals surface area contributed by atoms with Crippen LogP contribution in [0.1, 0.15) is 35.9 Å². The van der Waals surface area contributed by atoms with Gasteiger partial charge in [0.15, 0.2) is 5.69 Å². The lowest BCUT2D eigenvalue weighted by Crippen LogP contribution is -2.64. The van der Waals surface area contributed by atoms with Crippen molar-refractivity contribution in [3.05, 3.63) is 66.0 Å². The summed E-state index contributed by atoms with van der Waals surface area (Å²) in [4.78, 5) is 21.8. The fourth-order valence-corrected chi connectivity index (χ4v) is 4.72. The highest BCUT2D eigenvalue weighted by Crippen LogP contribution is 2.47. The van der Waals surface area contributed by atoms with Gasteiger partial charge in [-0.05, 0) is 68.0 Å². The van der Waals surface area contributed by atoms with E-state index in [2.05, 4.69) is 22.1 Å². The van der Waals surface area contributed by atoms with Gasteiger partial charge in [-0.3, -0.25) is 4.79 Å². The van der Waals surface area contributed by atoms with Crippen molar-refractivity contribution in [3.63, 3.8) is 0 Å². The maximum atomic E-state index is 13.8. The zero-order chi connectivity index (χ0) is 21.5. The molecule has 2 saturated heterocycles. The highest BCUT2D eigenvalue weighted by molar-refractivity contribution is 5.96. The number of aromatic nitrogens is 4. The Hall–Kier alpha value is -3.29. The molecule has 3 aliphatic rings. The Morgan fingerprint density at radius 3 is 2.55 bits per heavy atom. The van der Waals surface area contributed by atoms with Crippen LogP contribution in [0.5, 0.6) is 5.75 Å². The first-order valence-electron chi connectivity index (χ1n) is 10.6. The molecule has 0 spiro atoms. The second-order valence-corrected chi connectivity index (χ2v) is 8.43. The summed E-state index contributed by atoms with van der Waals surface area (Å²) in [6.45, 7) is 4.40. The minimum absolute atomic E-state index is 0.0872. The molecular weight excluding hydrogens is 397 g/mol. The van der Waals surface area contributed by atoms with Crippen LogP contribution in [0.3, 0.4) is 0 Å². The SMILES string of the molecule is Cc1ccc(-n2nccn2)c(C(=O)N2C3CC(C3)[C@@H](C)[C@H]2COc2ccc(F)cc2)n1. The molecule has 31 heavy (non-hydrogen) atoms. The topological polar surface area (TPSA) is 73.1 Å². The van der Waals surface area contributed by atoms with Crippen LogP contribution in [0.15, 0.2) is 48.8 Å². The third-order valence-electron chi connectivity index (χ3n) is 6.57. The van der Waals surface area contributed by atoms with Gasteiger partial charge >= 0.3 is 0 Å². The number of amides is 1. The van der Waals surface area contributed by atoms with Crippen molar-refractivity contribution in [1.82, 2.24) is 24.9 Å². The van der Waals surface area contributed by atoms with Crippen LogP contribution in [0, 0.1) is 24.6 Å². The van der Waals surface area contributed by atoms with Crippen LogP contribution in [0.2, 0.25) is 0 Å². The molecule has 4 heterocycles. The van der Waals surface area contributed by atoms with E-state index in [-0.39, 0.29) is 23.8 Å². The van der Waals surface area contributed by atoms with Gasteiger partial charge < -0.3 is 9.64 Å². The van der Waals surface area contributed by atoms with Crippen LogP contribution in [-0.4, -0.2) is 49.5 Å². The summed E-state index contributed by atoms with van der Waals surface area (Å²) in [7, 11) is 0. The van der Waals surface area contributed by atoms with Gasteiger partial charge in [0.05, 0.1) is 18.4 Å². The molecule has 1 amide bonds. The van der Waals surface area contributed by atoms with E-state index in [9.17, 15) is 9.18 Å². The molecular formula is C23H24FN5O2. The fourth-order valence-electron chi connectivity index (χ4n) is 4.72. The number of hydrogen-bond donors (Lipinski definition) is 0. The molecule has 2 aromatic heterocycles. The van der Waals surface area contributed by atoms with Gasteiger partial charge in [-0.2, -0.15) is 10.2 Å². The summed E-state index contributed by atoms with van der Waals surface area (Å²) < 4.78 is 19.2. The number of carbonyl (C=O) groups excluding carboxylic acids is 1. The van der Waals surface area contributed by atoms with Gasteiger partial charge in [0, 0.05) is 11.7 Å². The van der Waals surface area contributed by atoms with Crippen LogP contribution in [-0.2, 0) is 0 Å². The summed E-state index contributed by atoms with van der Waals surface area (Å²) in [5.74, 6) is 1.05. The summed E-state index contributed by atoms with van der Waals surface area (Å²) in [6.07, 6.45) is 5.15. The molecule has 2 atom stereocenters. The normalized spacial score (nSPS) is 24.5. The highest BCUT2D eigenvalue weighted by atomic mass is 19.1. The molecule has 160 valence electrons. The van der Waals surface area contributed by atoms with Gasteiger partial charge in [0.25, 0.3) is 5.91 Å². The molecule has 3 aromatic rings. The number of halogens is 1. The van der Waals surface area contributed by atoms with E-state index >= 15 is 0 Å². The van der Waals surface area contributed by atoms with E-state index in [1.807, 2.05) is 24.0 Å². The third-order valence-corrected chi connectivity index (χ3v) is 6.57. The zero-order valence-electron chi connectivity index (χ0n) is 17.5. The lowest BCUT2D eigenvalue weighted by molar-refractivity contribution is -0.0673. The standard InChI is InChI=1S/C23H24FN5O2/c1-14-3-8-20(29-25-9-10-26-29)22(27-14)23(30)28-18-11-16(12-18)15(2)21(28)13-31-19-6-4-17(24)5-7-19/h3-10,15-16,18,21H,11-13H2,1-2H3/t15-,16?,18?,21-/m1/s1. The molecule has 8 heteroatoms. The smallest absolute Gasteiger partial charge is 0.275 e. The van der Waals surface area contributed by atoms with E-state index in [4.69, 9.17) is 4.74 Å². The number of pyridine rings is 1. The zero-order valence-corrected chi connectivity index (χ0v) is 17.5. The largest absolute Gasteiger partial charge is 0.491 e. The van der Waals surface area contributed by atoms with Crippen molar-refractivity contribution < 1.29 is 13.9 Å². The van der Waals surface area contributed by atoms with Crippen molar-refractivity contribution >= 4 is 5.91 Å². The number of benzene rings is 1. The summed E-state index contributed by atoms with van der Waals surface area (Å²) in [5.41, 5.74) is 1.67. The molecule has 3 fully saturated rings. The number of hydrogen-bond acceptors (Lipinski definition) is 5. The number of piperidine rings is 2. The number of carbonyl (C=O) groups is 1. The predicted octanol–water partition coefficient (Wildman–Crippen LogP) is 3.43. The number of rotatable bonds is 5. The Labute approximate surface area is 179 Å². The van der Waals surface area contributed by atoms with Crippen molar-refractivity contribution in [2.45, 2.75) is 38.8 Å². The first-order valence-corrected chi connectivity index (χ1v) is 10.6. The number of aryl methyl sites for hydroxylation is 1. The van der Waals surface area contributed by atoms with Crippen LogP contribution in [0.25, 0.3) is 5.69 Å². The van der Waals surface area contributed by atoms with Crippen molar-refractivity contribution in [2.75, 3.05) is 6.61 Å². The van der Waals surface area contributed by atoms with E-state index in [1.165, 1.54) is 16.9 Å². The maximum Gasteiger partial charge on any atom is 0.275 e. The minimum atomic E-state index is -0.304. The average Bonchev–Trinajstić information content (AvgIpc) is 3.27. The predicted molar refractivity (Wildman–Crippen MR) is 111 cm³/mol. The van der Waals surface area contributed by atoms with Crippen molar-refractivity contribution in [2.24, 2.45) is 11.8 Å². The second-order valence-electron chi connectivity index (χ2n) is 8.43. The van der Waals surface area contributed by atoms with Gasteiger partial charge in [0.1, 0.15) is 23.9 Å². The van der Waals surface area contributed by atoms with Crippen LogP contribution < -0.4 is 4.74 Å². The van der Waals surface area contributed by atoms with Crippen LogP contribution >= 0.6 is 0 Å². The summed E-state index contributed by atoms with van der Waals surface area (Å²) >= 11 is 0. The van der Waals surface area contributed by atoms with E-state index in [0.29, 0.717) is 35.6 Å². The Morgan fingerprint density at radius 1 is 1.13 bits per heavy atom. The fraction of sp³-hybridized carbons (Fsp3) is 0.391. The monoisotopic (exact) mass is 421 g/mol. The van der Waals surface area contributed by atoms with Gasteiger partial charge in [-0.15, -0.1) is 4.80 Å². The van der Waals surface area contributed by atoms with Crippen LogP contribution in [0.4, 0.5) is 4.39 Å². The Bertz CT molecular complexity index is 1080. The van der Waals surface area contributed by atoms with Crippen molar-refractivity contribution in [3.8, 4) is 11.4 Å². The lowest BCUT2D eigenvalue weighted by atomic mass is 9.64. The van der Waals surface area contributed by atoms with Crippen molar-refractivity contribution in [1.29, 1.82) is 0 Å². The Kier molecular flexibility index (Phi) is 4.92. The molecule has 0 N–H and O–H groups in total. The molecule has 6 rings (SSSR count). The number of nitrogens with zero attached hydrogens (tertiary/aromatic N) is 5. The lowest BCUT2D eigenvalue weighted by Gasteiger charge is -2.57. The van der Waals surface area contributed by atoms with Gasteiger partial charge in [0.2, 0.25) is 0 Å². The molecule has 0 radical (unpaired) electrons. The first-order chi connectivity index (χ1) is 15.0. The molecule has 1 saturated carbocycles. The summed E-state index contributed by atoms with van der Waals surface area (Å²) in [5, 5.41) is 8.38. The van der Waals surface area contributed by atoms with E-state index in [1.54, 1.807) is 24.5 Å². The summed E-state index contributed by atoms with van der Waals surface area (Å²) in [6, 6.07) is 9.74. The Balaban J connectivity index is 1.45. The molecule has 2 aliphatic heterocycles. The average molecular weight is 421 g/mol. The molecule has 0 unspecified atom stereocenters. The number of ether oxygens (including phenoxy) is 1. The van der Waals surface area contributed by atoms with E-state index < -0.39 is 0 Å². The van der Waals surface area contributed by atoms with E-state index in [0.717, 1.165) is 18.5 Å². The third kappa shape index (κ3) is 3.56. The molecule has 7 nitrogen and oxygen atoms in total. The maximum absolute atomic E-state index is 13.8. The Morgan fingerprint density at radius 2 is 1.84 bits per heavy atom. The quantitative estimate of drug-likeness (QED) is 0.631. The molecule has 2 bridgehead atoms.